The van der Waals surface area contributed by atoms with Crippen molar-refractivity contribution in [1.82, 2.24) is 14.5 Å². The van der Waals surface area contributed by atoms with E-state index in [1.807, 2.05) is 49.9 Å². The van der Waals surface area contributed by atoms with Crippen LogP contribution < -0.4 is 5.56 Å². The zero-order valence-corrected chi connectivity index (χ0v) is 17.9. The number of benzene rings is 1. The van der Waals surface area contributed by atoms with Crippen LogP contribution >= 0.6 is 22.9 Å². The van der Waals surface area contributed by atoms with Gasteiger partial charge in [0.15, 0.2) is 0 Å². The maximum Gasteiger partial charge on any atom is 0.263 e. The molecule has 28 heavy (non-hydrogen) atoms. The topological polar surface area (TPSA) is 55.2 Å². The zero-order valence-electron chi connectivity index (χ0n) is 16.4. The van der Waals surface area contributed by atoms with Gasteiger partial charge < -0.3 is 4.90 Å². The molecule has 0 atom stereocenters. The smallest absolute Gasteiger partial charge is 0.263 e. The second kappa shape index (κ2) is 8.88. The van der Waals surface area contributed by atoms with Crippen LogP contribution in [-0.4, -0.2) is 33.4 Å². The minimum Gasteiger partial charge on any atom is -0.341 e. The molecule has 3 aromatic rings. The third-order valence-electron chi connectivity index (χ3n) is 4.63. The average molecular weight is 418 g/mol. The van der Waals surface area contributed by atoms with Gasteiger partial charge in [0.1, 0.15) is 11.4 Å². The maximum atomic E-state index is 13.2. The van der Waals surface area contributed by atoms with Crippen molar-refractivity contribution >= 4 is 39.1 Å². The first-order valence-electron chi connectivity index (χ1n) is 9.48. The van der Waals surface area contributed by atoms with Crippen molar-refractivity contribution in [2.75, 3.05) is 13.1 Å². The maximum absolute atomic E-state index is 13.2. The van der Waals surface area contributed by atoms with Crippen molar-refractivity contribution in [3.8, 4) is 11.1 Å². The van der Waals surface area contributed by atoms with Crippen LogP contribution in [0.5, 0.6) is 0 Å². The highest BCUT2D eigenvalue weighted by Gasteiger charge is 2.19. The monoisotopic (exact) mass is 417 g/mol. The highest BCUT2D eigenvalue weighted by molar-refractivity contribution is 7.19. The Balaban J connectivity index is 2.03. The quantitative estimate of drug-likeness (QED) is 0.558. The number of amides is 1. The van der Waals surface area contributed by atoms with Gasteiger partial charge in [-0.3, -0.25) is 14.2 Å². The third-order valence-corrected chi connectivity index (χ3v) is 5.90. The molecule has 0 aliphatic rings. The van der Waals surface area contributed by atoms with Gasteiger partial charge in [0.25, 0.3) is 5.56 Å². The Bertz CT molecular complexity index is 1030. The molecule has 148 valence electrons. The van der Waals surface area contributed by atoms with Crippen molar-refractivity contribution in [2.24, 2.45) is 0 Å². The first-order valence-corrected chi connectivity index (χ1v) is 10.7. The van der Waals surface area contributed by atoms with E-state index in [9.17, 15) is 9.59 Å². The molecular formula is C21H24ClN3O2S. The fourth-order valence-electron chi connectivity index (χ4n) is 3.36. The second-order valence-electron chi connectivity index (χ2n) is 6.78. The van der Waals surface area contributed by atoms with Gasteiger partial charge in [-0.15, -0.1) is 11.3 Å². The third kappa shape index (κ3) is 4.13. The van der Waals surface area contributed by atoms with Crippen molar-refractivity contribution in [3.05, 3.63) is 50.8 Å². The van der Waals surface area contributed by atoms with Gasteiger partial charge >= 0.3 is 0 Å². The molecule has 7 heteroatoms. The van der Waals surface area contributed by atoms with Crippen LogP contribution in [0.15, 0.2) is 35.4 Å². The number of aryl methyl sites for hydroxylation is 1. The zero-order chi connectivity index (χ0) is 20.3. The summed E-state index contributed by atoms with van der Waals surface area (Å²) >= 11 is 7.50. The average Bonchev–Trinajstić information content (AvgIpc) is 3.01. The summed E-state index contributed by atoms with van der Waals surface area (Å²) in [4.78, 5) is 33.9. The molecule has 0 fully saturated rings. The lowest BCUT2D eigenvalue weighted by Crippen LogP contribution is -2.37. The number of halogens is 1. The molecule has 2 aromatic heterocycles. The van der Waals surface area contributed by atoms with E-state index < -0.39 is 0 Å². The van der Waals surface area contributed by atoms with Crippen molar-refractivity contribution < 1.29 is 4.79 Å². The molecule has 3 rings (SSSR count). The Morgan fingerprint density at radius 3 is 2.43 bits per heavy atom. The van der Waals surface area contributed by atoms with Crippen LogP contribution in [0, 0.1) is 6.92 Å². The molecule has 0 spiro atoms. The minimum atomic E-state index is -0.180. The summed E-state index contributed by atoms with van der Waals surface area (Å²) in [5.74, 6) is -0.0491. The molecule has 0 N–H and O–H groups in total. The van der Waals surface area contributed by atoms with Crippen LogP contribution in [0.1, 0.15) is 31.6 Å². The first kappa shape index (κ1) is 20.6. The van der Waals surface area contributed by atoms with Crippen LogP contribution in [0.4, 0.5) is 0 Å². The standard InChI is InChI=1S/C21H24ClN3O2S/c1-4-10-24(11-5-2)17(26)12-25-13-23-20-19(21(25)27)18(14(3)28-20)15-6-8-16(22)9-7-15/h6-9,13H,4-5,10-12H2,1-3H3. The van der Waals surface area contributed by atoms with Gasteiger partial charge in [-0.05, 0) is 37.5 Å². The summed E-state index contributed by atoms with van der Waals surface area (Å²) in [6, 6.07) is 7.43. The Morgan fingerprint density at radius 1 is 1.18 bits per heavy atom. The molecule has 0 saturated carbocycles. The number of nitrogens with zero attached hydrogens (tertiary/aromatic N) is 3. The number of rotatable bonds is 7. The molecule has 0 saturated heterocycles. The van der Waals surface area contributed by atoms with Gasteiger partial charge in [-0.25, -0.2) is 4.98 Å². The van der Waals surface area contributed by atoms with E-state index in [0.29, 0.717) is 28.3 Å². The summed E-state index contributed by atoms with van der Waals surface area (Å²) in [5.41, 5.74) is 1.62. The summed E-state index contributed by atoms with van der Waals surface area (Å²) in [6.45, 7) is 7.48. The van der Waals surface area contributed by atoms with Gasteiger partial charge in [0.05, 0.1) is 11.7 Å². The van der Waals surface area contributed by atoms with Crippen LogP contribution in [0.2, 0.25) is 5.02 Å². The van der Waals surface area contributed by atoms with E-state index in [1.54, 1.807) is 0 Å². The van der Waals surface area contributed by atoms with E-state index in [1.165, 1.54) is 22.2 Å². The summed E-state index contributed by atoms with van der Waals surface area (Å²) < 4.78 is 1.43. The molecule has 0 bridgehead atoms. The number of aromatic nitrogens is 2. The van der Waals surface area contributed by atoms with Crippen LogP contribution in [-0.2, 0) is 11.3 Å². The highest BCUT2D eigenvalue weighted by Crippen LogP contribution is 2.35. The van der Waals surface area contributed by atoms with Gasteiger partial charge in [-0.1, -0.05) is 37.6 Å². The number of fused-ring (bicyclic) bond motifs is 1. The van der Waals surface area contributed by atoms with Crippen molar-refractivity contribution in [3.63, 3.8) is 0 Å². The Labute approximate surface area is 173 Å². The first-order chi connectivity index (χ1) is 13.5. The fraction of sp³-hybridized carbons (Fsp3) is 0.381. The largest absolute Gasteiger partial charge is 0.341 e. The molecule has 0 aliphatic heterocycles. The van der Waals surface area contributed by atoms with Gasteiger partial charge in [-0.2, -0.15) is 0 Å². The lowest BCUT2D eigenvalue weighted by Gasteiger charge is -2.21. The lowest BCUT2D eigenvalue weighted by molar-refractivity contribution is -0.132. The Morgan fingerprint density at radius 2 is 1.82 bits per heavy atom. The second-order valence-corrected chi connectivity index (χ2v) is 8.42. The molecular weight excluding hydrogens is 394 g/mol. The number of thiophene rings is 1. The van der Waals surface area contributed by atoms with Crippen molar-refractivity contribution in [2.45, 2.75) is 40.2 Å². The lowest BCUT2D eigenvalue weighted by atomic mass is 10.0. The molecule has 1 amide bonds. The molecule has 0 radical (unpaired) electrons. The fourth-order valence-corrected chi connectivity index (χ4v) is 4.49. The predicted molar refractivity (Wildman–Crippen MR) is 116 cm³/mol. The molecule has 1 aromatic carbocycles. The van der Waals surface area contributed by atoms with E-state index >= 15 is 0 Å². The molecule has 0 unspecified atom stereocenters. The Hall–Kier alpha value is -2.18. The van der Waals surface area contributed by atoms with Gasteiger partial charge in [0, 0.05) is 28.6 Å². The molecule has 5 nitrogen and oxygen atoms in total. The van der Waals surface area contributed by atoms with E-state index in [0.717, 1.165) is 28.8 Å². The number of hydrogen-bond donors (Lipinski definition) is 0. The number of carbonyl (C=O) groups excluding carboxylic acids is 1. The number of carbonyl (C=O) groups is 1. The van der Waals surface area contributed by atoms with Gasteiger partial charge in [0.2, 0.25) is 5.91 Å². The Kier molecular flexibility index (Phi) is 6.52. The molecule has 2 heterocycles. The SMILES string of the molecule is CCCN(CCC)C(=O)Cn1cnc2sc(C)c(-c3ccc(Cl)cc3)c2c1=O. The highest BCUT2D eigenvalue weighted by atomic mass is 35.5. The van der Waals surface area contributed by atoms with Crippen LogP contribution in [0.25, 0.3) is 21.3 Å². The predicted octanol–water partition coefficient (Wildman–Crippen LogP) is 4.74. The summed E-state index contributed by atoms with van der Waals surface area (Å²) in [6.07, 6.45) is 3.27. The van der Waals surface area contributed by atoms with E-state index in [-0.39, 0.29) is 18.0 Å². The van der Waals surface area contributed by atoms with E-state index in [2.05, 4.69) is 4.98 Å². The minimum absolute atomic E-state index is 0.0106. The van der Waals surface area contributed by atoms with E-state index in [4.69, 9.17) is 11.6 Å². The summed E-state index contributed by atoms with van der Waals surface area (Å²) in [5, 5.41) is 1.21. The number of hydrogen-bond acceptors (Lipinski definition) is 4. The summed E-state index contributed by atoms with van der Waals surface area (Å²) in [7, 11) is 0. The normalized spacial score (nSPS) is 11.1. The van der Waals surface area contributed by atoms with Crippen molar-refractivity contribution in [1.29, 1.82) is 0 Å². The molecule has 0 aliphatic carbocycles. The van der Waals surface area contributed by atoms with Crippen LogP contribution in [0.3, 0.4) is 0 Å².